The Morgan fingerprint density at radius 3 is 2.04 bits per heavy atom. The van der Waals surface area contributed by atoms with Crippen molar-refractivity contribution >= 4 is 70.1 Å². The second-order valence-corrected chi connectivity index (χ2v) is 11.9. The van der Waals surface area contributed by atoms with E-state index in [1.165, 1.54) is 0 Å². The van der Waals surface area contributed by atoms with Crippen molar-refractivity contribution in [2.45, 2.75) is 31.4 Å². The molecular formula is C33H27ClF9N9O4. The van der Waals surface area contributed by atoms with Crippen LogP contribution in [0.3, 0.4) is 0 Å². The predicted octanol–water partition coefficient (Wildman–Crippen LogP) is 6.86. The Bertz CT molecular complexity index is 2000. The molecule has 1 fully saturated rings. The molecule has 2 amide bonds. The number of piperazine rings is 1. The van der Waals surface area contributed by atoms with Crippen LogP contribution in [-0.4, -0.2) is 93.4 Å². The van der Waals surface area contributed by atoms with Crippen LogP contribution < -0.4 is 20.9 Å². The number of halogens is 10. The summed E-state index contributed by atoms with van der Waals surface area (Å²) in [5.41, 5.74) is 4.44. The molecule has 56 heavy (non-hydrogen) atoms. The zero-order valence-electron chi connectivity index (χ0n) is 28.3. The van der Waals surface area contributed by atoms with Gasteiger partial charge in [-0.25, -0.2) is 14.8 Å². The van der Waals surface area contributed by atoms with E-state index in [1.807, 2.05) is 53.6 Å². The summed E-state index contributed by atoms with van der Waals surface area (Å²) < 4.78 is 98.2. The van der Waals surface area contributed by atoms with Gasteiger partial charge in [0.05, 0.1) is 18.1 Å². The van der Waals surface area contributed by atoms with Crippen molar-refractivity contribution in [3.05, 3.63) is 83.4 Å². The van der Waals surface area contributed by atoms with Gasteiger partial charge in [0.15, 0.2) is 5.82 Å². The summed E-state index contributed by atoms with van der Waals surface area (Å²) in [5.74, 6) is -4.97. The van der Waals surface area contributed by atoms with Crippen LogP contribution in [-0.2, 0) is 27.2 Å². The van der Waals surface area contributed by atoms with Gasteiger partial charge in [-0.3, -0.25) is 19.4 Å². The number of ketones is 2. The maximum atomic E-state index is 13.2. The highest BCUT2D eigenvalue weighted by Crippen LogP contribution is 2.30. The van der Waals surface area contributed by atoms with E-state index in [-0.39, 0.29) is 6.03 Å². The number of anilines is 6. The van der Waals surface area contributed by atoms with Gasteiger partial charge in [-0.1, -0.05) is 17.7 Å². The van der Waals surface area contributed by atoms with E-state index < -0.39 is 36.4 Å². The standard InChI is InChI=1S/C27H26ClN9O.C4F6O2.C2HF3O/c28-22-17-31-26-33-21-13-18(15-29-16-21)4-5-19-14-20(32-25(22)35-26)6-7-23(19)34-27(38)37-11-9-36(10-12-37)24-3-1-2-8-30-24;5-3(6,7)1(11)2(12)4(8,9)10;3-2(4,5)1-6/h1-3,6-8,13-17H,4-5,9-12H2,(H,34,38)(H2,31,32,33,35);;1H. The zero-order chi connectivity index (χ0) is 41.3. The summed E-state index contributed by atoms with van der Waals surface area (Å²) in [5, 5.41) is 10.0. The Morgan fingerprint density at radius 2 is 1.45 bits per heavy atom. The quantitative estimate of drug-likeness (QED) is 0.113. The van der Waals surface area contributed by atoms with E-state index >= 15 is 0 Å². The lowest BCUT2D eigenvalue weighted by atomic mass is 10.0. The van der Waals surface area contributed by atoms with Gasteiger partial charge in [-0.15, -0.1) is 0 Å². The third-order valence-electron chi connectivity index (χ3n) is 7.48. The molecule has 6 rings (SSSR count). The molecule has 0 aliphatic carbocycles. The molecule has 13 nitrogen and oxygen atoms in total. The minimum Gasteiger partial charge on any atom is -0.353 e. The molecule has 5 heterocycles. The summed E-state index contributed by atoms with van der Waals surface area (Å²) in [4.78, 5) is 62.8. The van der Waals surface area contributed by atoms with Crippen molar-refractivity contribution in [2.75, 3.05) is 47.0 Å². The van der Waals surface area contributed by atoms with Crippen molar-refractivity contribution in [3.8, 4) is 0 Å². The van der Waals surface area contributed by atoms with Crippen LogP contribution in [0.1, 0.15) is 11.1 Å². The van der Waals surface area contributed by atoms with Gasteiger partial charge in [-0.2, -0.15) is 44.5 Å². The normalized spacial score (nSPS) is 14.0. The molecule has 1 saturated heterocycles. The molecule has 0 radical (unpaired) electrons. The lowest BCUT2D eigenvalue weighted by Gasteiger charge is -2.35. The molecule has 3 aromatic heterocycles. The second-order valence-electron chi connectivity index (χ2n) is 11.5. The number of hydrogen-bond donors (Lipinski definition) is 3. The fraction of sp³-hybridized carbons (Fsp3) is 0.273. The van der Waals surface area contributed by atoms with Gasteiger partial charge >= 0.3 is 36.1 Å². The monoisotopic (exact) mass is 819 g/mol. The second kappa shape index (κ2) is 18.0. The minimum atomic E-state index is -5.77. The van der Waals surface area contributed by atoms with Crippen LogP contribution >= 0.6 is 11.6 Å². The first-order valence-electron chi connectivity index (χ1n) is 15.8. The number of urea groups is 1. The first-order valence-corrected chi connectivity index (χ1v) is 16.2. The first-order chi connectivity index (χ1) is 26.2. The van der Waals surface area contributed by atoms with Crippen LogP contribution in [0, 0.1) is 0 Å². The summed E-state index contributed by atoms with van der Waals surface area (Å²) in [6.45, 7) is 2.72. The number of pyridine rings is 2. The Labute approximate surface area is 315 Å². The molecule has 2 aliphatic heterocycles. The third kappa shape index (κ3) is 12.5. The predicted molar refractivity (Wildman–Crippen MR) is 183 cm³/mol. The number of aromatic nitrogens is 4. The molecule has 6 bridgehead atoms. The fourth-order valence-electron chi connectivity index (χ4n) is 4.88. The molecule has 0 atom stereocenters. The molecule has 0 saturated carbocycles. The molecular weight excluding hydrogens is 793 g/mol. The molecule has 298 valence electrons. The number of aldehydes is 1. The van der Waals surface area contributed by atoms with Crippen LogP contribution in [0.25, 0.3) is 0 Å². The smallest absolute Gasteiger partial charge is 0.353 e. The Morgan fingerprint density at radius 1 is 0.786 bits per heavy atom. The highest BCUT2D eigenvalue weighted by Gasteiger charge is 2.54. The maximum Gasteiger partial charge on any atom is 0.458 e. The van der Waals surface area contributed by atoms with Gasteiger partial charge in [-0.05, 0) is 60.4 Å². The molecule has 2 aliphatic rings. The van der Waals surface area contributed by atoms with Gasteiger partial charge in [0.25, 0.3) is 0 Å². The van der Waals surface area contributed by atoms with Gasteiger partial charge in [0.2, 0.25) is 12.2 Å². The molecule has 3 N–H and O–H groups in total. The summed E-state index contributed by atoms with van der Waals surface area (Å²) in [6.07, 6.45) is -8.86. The largest absolute Gasteiger partial charge is 0.458 e. The van der Waals surface area contributed by atoms with E-state index in [0.717, 1.165) is 53.5 Å². The molecule has 0 unspecified atom stereocenters. The number of fused-ring (bicyclic) bond motifs is 6. The van der Waals surface area contributed by atoms with E-state index in [4.69, 9.17) is 16.4 Å². The number of carbonyl (C=O) groups excluding carboxylic acids is 4. The van der Waals surface area contributed by atoms with Gasteiger partial charge < -0.3 is 25.8 Å². The summed E-state index contributed by atoms with van der Waals surface area (Å²) >= 11 is 6.37. The van der Waals surface area contributed by atoms with Gasteiger partial charge in [0.1, 0.15) is 10.8 Å². The van der Waals surface area contributed by atoms with E-state index in [9.17, 15) is 53.9 Å². The van der Waals surface area contributed by atoms with Crippen molar-refractivity contribution in [3.63, 3.8) is 0 Å². The average Bonchev–Trinajstić information content (AvgIpc) is 3.15. The van der Waals surface area contributed by atoms with Crippen molar-refractivity contribution in [1.82, 2.24) is 24.8 Å². The SMILES string of the molecule is O=C(C(=O)C(F)(F)F)C(F)(F)F.O=C(Nc1ccc2cc1CCc1cncc(c1)Nc1ncc(Cl)c(n1)N2)N1CCN(c2ccccn2)CC1.O=CC(F)(F)F. The summed E-state index contributed by atoms with van der Waals surface area (Å²) in [7, 11) is 0. The number of benzene rings is 1. The maximum absolute atomic E-state index is 13.2. The van der Waals surface area contributed by atoms with Crippen LogP contribution in [0.15, 0.2) is 67.3 Å². The van der Waals surface area contributed by atoms with E-state index in [2.05, 4.69) is 40.8 Å². The van der Waals surface area contributed by atoms with Crippen LogP contribution in [0.4, 0.5) is 79.0 Å². The third-order valence-corrected chi connectivity index (χ3v) is 7.76. The number of rotatable bonds is 3. The van der Waals surface area contributed by atoms with Crippen molar-refractivity contribution < 1.29 is 58.7 Å². The number of nitrogens with one attached hydrogen (secondary N) is 3. The van der Waals surface area contributed by atoms with E-state index in [1.54, 1.807) is 18.6 Å². The minimum absolute atomic E-state index is 0.109. The number of amides is 2. The number of Topliss-reactive ketones (excluding diaryl/α,β-unsaturated/α-hetero) is 2. The molecule has 23 heteroatoms. The number of hydrogen-bond acceptors (Lipinski definition) is 11. The van der Waals surface area contributed by atoms with E-state index in [0.29, 0.717) is 36.3 Å². The Balaban J connectivity index is 0.000000323. The Hall–Kier alpha value is -6.06. The zero-order valence-corrected chi connectivity index (χ0v) is 29.0. The topological polar surface area (TPSA) is 162 Å². The fourth-order valence-corrected chi connectivity index (χ4v) is 5.02. The Kier molecular flexibility index (Phi) is 13.8. The highest BCUT2D eigenvalue weighted by molar-refractivity contribution is 6.41. The highest BCUT2D eigenvalue weighted by atomic mass is 35.5. The number of aryl methyl sites for hydroxylation is 2. The molecule has 1 aromatic carbocycles. The lowest BCUT2D eigenvalue weighted by molar-refractivity contribution is -0.193. The van der Waals surface area contributed by atoms with Crippen LogP contribution in [0.5, 0.6) is 0 Å². The van der Waals surface area contributed by atoms with Gasteiger partial charge in [0, 0.05) is 49.9 Å². The molecule has 4 aromatic rings. The number of alkyl halides is 9. The van der Waals surface area contributed by atoms with Crippen molar-refractivity contribution in [2.24, 2.45) is 0 Å². The molecule has 0 spiro atoms. The number of carbonyl (C=O) groups is 4. The van der Waals surface area contributed by atoms with Crippen molar-refractivity contribution in [1.29, 1.82) is 0 Å². The average molecular weight is 820 g/mol. The first kappa shape index (κ1) is 42.7. The lowest BCUT2D eigenvalue weighted by Crippen LogP contribution is -2.50. The number of nitrogens with zero attached hydrogens (tertiary/aromatic N) is 6. The van der Waals surface area contributed by atoms with Crippen LogP contribution in [0.2, 0.25) is 5.02 Å². The summed E-state index contributed by atoms with van der Waals surface area (Å²) in [6, 6.07) is 13.6.